The Kier molecular flexibility index (Phi) is 3.47. The van der Waals surface area contributed by atoms with Crippen molar-refractivity contribution >= 4 is 34.8 Å². The largest absolute Gasteiger partial charge is 0.481 e. The van der Waals surface area contributed by atoms with Crippen LogP contribution in [0.3, 0.4) is 0 Å². The number of aliphatic carboxylic acids is 1. The maximum atomic E-state index is 11.0. The molecular formula is C10H10N4O3S. The minimum Gasteiger partial charge on any atom is -0.481 e. The summed E-state index contributed by atoms with van der Waals surface area (Å²) in [7, 11) is 0. The number of carboxylic acid groups (broad SMARTS) is 1. The van der Waals surface area contributed by atoms with Gasteiger partial charge < -0.3 is 10.8 Å². The number of nitrogens with zero attached hydrogens (tertiary/aromatic N) is 3. The molecule has 0 aliphatic heterocycles. The number of imidazole rings is 1. The maximum absolute atomic E-state index is 11.0. The lowest BCUT2D eigenvalue weighted by Gasteiger charge is -2.04. The molecule has 0 unspecified atom stereocenters. The minimum absolute atomic E-state index is 0.0739. The molecule has 8 heteroatoms. The van der Waals surface area contributed by atoms with Crippen LogP contribution in [0.4, 0.5) is 0 Å². The highest BCUT2D eigenvalue weighted by Crippen LogP contribution is 2.22. The summed E-state index contributed by atoms with van der Waals surface area (Å²) in [4.78, 5) is 29.9. The molecule has 0 aromatic carbocycles. The quantitative estimate of drug-likeness (QED) is 0.742. The van der Waals surface area contributed by atoms with Crippen molar-refractivity contribution in [1.82, 2.24) is 14.5 Å². The number of pyridine rings is 1. The van der Waals surface area contributed by atoms with E-state index in [1.165, 1.54) is 4.57 Å². The molecule has 0 saturated heterocycles. The Hall–Kier alpha value is -2.09. The fourth-order valence-electron chi connectivity index (χ4n) is 1.47. The smallest absolute Gasteiger partial charge is 0.313 e. The van der Waals surface area contributed by atoms with Crippen LogP contribution in [0, 0.1) is 0 Å². The third-order valence-electron chi connectivity index (χ3n) is 2.11. The second kappa shape index (κ2) is 5.05. The number of primary amides is 1. The second-order valence-corrected chi connectivity index (χ2v) is 4.42. The Morgan fingerprint density at radius 2 is 2.28 bits per heavy atom. The molecule has 0 saturated carbocycles. The fourth-order valence-corrected chi connectivity index (χ4v) is 2.19. The van der Waals surface area contributed by atoms with Gasteiger partial charge in [0, 0.05) is 6.20 Å². The number of fused-ring (bicyclic) bond motifs is 1. The first-order valence-corrected chi connectivity index (χ1v) is 6.00. The number of carbonyl (C=O) groups excluding carboxylic acids is 1. The van der Waals surface area contributed by atoms with E-state index in [0.29, 0.717) is 16.3 Å². The number of carboxylic acids is 1. The lowest BCUT2D eigenvalue weighted by atomic mass is 10.4. The van der Waals surface area contributed by atoms with E-state index in [9.17, 15) is 9.59 Å². The van der Waals surface area contributed by atoms with Crippen molar-refractivity contribution in [3.63, 3.8) is 0 Å². The van der Waals surface area contributed by atoms with Crippen LogP contribution < -0.4 is 5.73 Å². The average Bonchev–Trinajstić information content (AvgIpc) is 2.64. The van der Waals surface area contributed by atoms with Gasteiger partial charge in [0.05, 0.1) is 5.75 Å². The summed E-state index contributed by atoms with van der Waals surface area (Å²) in [6.07, 6.45) is 1.58. The van der Waals surface area contributed by atoms with Crippen molar-refractivity contribution in [3.8, 4) is 0 Å². The van der Waals surface area contributed by atoms with Gasteiger partial charge in [-0.25, -0.2) is 9.97 Å². The minimum atomic E-state index is -0.953. The van der Waals surface area contributed by atoms with Crippen LogP contribution in [-0.4, -0.2) is 37.3 Å². The topological polar surface area (TPSA) is 111 Å². The summed E-state index contributed by atoms with van der Waals surface area (Å²) in [5.74, 6) is -1.62. The summed E-state index contributed by atoms with van der Waals surface area (Å²) in [5.41, 5.74) is 6.28. The van der Waals surface area contributed by atoms with E-state index in [1.807, 2.05) is 0 Å². The molecule has 0 radical (unpaired) electrons. The van der Waals surface area contributed by atoms with Gasteiger partial charge in [-0.15, -0.1) is 0 Å². The van der Waals surface area contributed by atoms with Crippen molar-refractivity contribution in [1.29, 1.82) is 0 Å². The Morgan fingerprint density at radius 3 is 2.94 bits per heavy atom. The predicted octanol–water partition coefficient (Wildman–Crippen LogP) is 0.0933. The van der Waals surface area contributed by atoms with E-state index in [1.54, 1.807) is 18.3 Å². The molecule has 3 N–H and O–H groups in total. The molecule has 7 nitrogen and oxygen atoms in total. The number of rotatable bonds is 5. The van der Waals surface area contributed by atoms with Crippen LogP contribution in [0.2, 0.25) is 0 Å². The first kappa shape index (κ1) is 12.4. The van der Waals surface area contributed by atoms with Crippen LogP contribution in [-0.2, 0) is 16.1 Å². The van der Waals surface area contributed by atoms with Crippen LogP contribution in [0.1, 0.15) is 0 Å². The molecule has 0 aliphatic carbocycles. The number of amides is 1. The molecule has 18 heavy (non-hydrogen) atoms. The zero-order valence-corrected chi connectivity index (χ0v) is 10.1. The fraction of sp³-hybridized carbons (Fsp3) is 0.200. The van der Waals surface area contributed by atoms with Crippen LogP contribution in [0.25, 0.3) is 11.2 Å². The molecule has 0 atom stereocenters. The van der Waals surface area contributed by atoms with Gasteiger partial charge in [-0.3, -0.25) is 14.2 Å². The molecular weight excluding hydrogens is 256 g/mol. The van der Waals surface area contributed by atoms with Gasteiger partial charge in [0.25, 0.3) is 0 Å². The summed E-state index contributed by atoms with van der Waals surface area (Å²) < 4.78 is 1.52. The van der Waals surface area contributed by atoms with E-state index in [0.717, 1.165) is 11.8 Å². The van der Waals surface area contributed by atoms with Gasteiger partial charge in [0.1, 0.15) is 12.1 Å². The van der Waals surface area contributed by atoms with Crippen molar-refractivity contribution in [2.45, 2.75) is 11.7 Å². The van der Waals surface area contributed by atoms with E-state index in [-0.39, 0.29) is 12.3 Å². The molecule has 2 heterocycles. The molecule has 1 amide bonds. The molecule has 0 aliphatic rings. The molecule has 2 aromatic rings. The maximum Gasteiger partial charge on any atom is 0.313 e. The van der Waals surface area contributed by atoms with Crippen LogP contribution >= 0.6 is 11.8 Å². The van der Waals surface area contributed by atoms with Gasteiger partial charge in [-0.2, -0.15) is 0 Å². The van der Waals surface area contributed by atoms with Crippen LogP contribution in [0.15, 0.2) is 23.5 Å². The second-order valence-electron chi connectivity index (χ2n) is 3.48. The van der Waals surface area contributed by atoms with Gasteiger partial charge in [-0.1, -0.05) is 11.8 Å². The lowest BCUT2D eigenvalue weighted by molar-refractivity contribution is -0.133. The standard InChI is InChI=1S/C10H10N4O3S/c11-7(15)4-14-9-6(2-1-3-12-9)13-10(14)18-5-8(16)17/h1-3H,4-5H2,(H2,11,15)(H,16,17). The van der Waals surface area contributed by atoms with Crippen molar-refractivity contribution in [2.24, 2.45) is 5.73 Å². The van der Waals surface area contributed by atoms with E-state index in [4.69, 9.17) is 10.8 Å². The average molecular weight is 266 g/mol. The van der Waals surface area contributed by atoms with Gasteiger partial charge in [-0.05, 0) is 12.1 Å². The Labute approximate surface area is 106 Å². The molecule has 94 valence electrons. The number of hydrogen-bond donors (Lipinski definition) is 2. The number of aromatic nitrogens is 3. The Morgan fingerprint density at radius 1 is 1.50 bits per heavy atom. The Balaban J connectivity index is 2.42. The number of nitrogens with two attached hydrogens (primary N) is 1. The van der Waals surface area contributed by atoms with Gasteiger partial charge in [0.2, 0.25) is 5.91 Å². The van der Waals surface area contributed by atoms with Gasteiger partial charge >= 0.3 is 5.97 Å². The van der Waals surface area contributed by atoms with E-state index in [2.05, 4.69) is 9.97 Å². The van der Waals surface area contributed by atoms with E-state index < -0.39 is 11.9 Å². The summed E-state index contributed by atoms with van der Waals surface area (Å²) in [6, 6.07) is 3.46. The normalized spacial score (nSPS) is 10.7. The SMILES string of the molecule is NC(=O)Cn1c(SCC(=O)O)nc2cccnc21. The summed E-state index contributed by atoms with van der Waals surface area (Å²) in [6.45, 7) is -0.0739. The number of thioether (sulfide) groups is 1. The van der Waals surface area contributed by atoms with Crippen molar-refractivity contribution < 1.29 is 14.7 Å². The lowest BCUT2D eigenvalue weighted by Crippen LogP contribution is -2.19. The monoisotopic (exact) mass is 266 g/mol. The highest BCUT2D eigenvalue weighted by atomic mass is 32.2. The molecule has 2 rings (SSSR count). The van der Waals surface area contributed by atoms with Crippen LogP contribution in [0.5, 0.6) is 0 Å². The third kappa shape index (κ3) is 2.59. The first-order chi connectivity index (χ1) is 8.58. The highest BCUT2D eigenvalue weighted by Gasteiger charge is 2.14. The highest BCUT2D eigenvalue weighted by molar-refractivity contribution is 7.99. The molecule has 0 spiro atoms. The molecule has 0 fully saturated rings. The third-order valence-corrected chi connectivity index (χ3v) is 3.07. The zero-order valence-electron chi connectivity index (χ0n) is 9.24. The summed E-state index contributed by atoms with van der Waals surface area (Å²) in [5, 5.41) is 9.08. The number of carbonyl (C=O) groups is 2. The first-order valence-electron chi connectivity index (χ1n) is 5.02. The molecule has 2 aromatic heterocycles. The summed E-state index contributed by atoms with van der Waals surface area (Å²) >= 11 is 1.03. The van der Waals surface area contributed by atoms with E-state index >= 15 is 0 Å². The zero-order chi connectivity index (χ0) is 13.1. The Bertz CT molecular complexity index is 610. The van der Waals surface area contributed by atoms with Crippen molar-refractivity contribution in [3.05, 3.63) is 18.3 Å². The number of hydrogen-bond acceptors (Lipinski definition) is 5. The predicted molar refractivity (Wildman–Crippen MR) is 65.1 cm³/mol. The molecule has 0 bridgehead atoms. The van der Waals surface area contributed by atoms with Crippen molar-refractivity contribution in [2.75, 3.05) is 5.75 Å². The van der Waals surface area contributed by atoms with Gasteiger partial charge in [0.15, 0.2) is 10.8 Å².